The minimum Gasteiger partial charge on any atom is -0.395 e. The molecular weight excluding hydrogens is 242 g/mol. The van der Waals surface area contributed by atoms with Gasteiger partial charge in [0.15, 0.2) is 0 Å². The zero-order chi connectivity index (χ0) is 13.2. The molecule has 0 aliphatic carbocycles. The summed E-state index contributed by atoms with van der Waals surface area (Å²) in [6, 6.07) is 6.51. The van der Waals surface area contributed by atoms with Crippen molar-refractivity contribution in [3.63, 3.8) is 0 Å². The first-order valence-corrected chi connectivity index (χ1v) is 6.84. The molecule has 1 N–H and O–H groups in total. The molecule has 5 heteroatoms. The second kappa shape index (κ2) is 5.27. The van der Waals surface area contributed by atoms with Crippen LogP contribution in [0.15, 0.2) is 24.4 Å². The van der Waals surface area contributed by atoms with E-state index in [9.17, 15) is 4.79 Å². The first kappa shape index (κ1) is 12.6. The number of pyridine rings is 1. The fraction of sp³-hybridized carbons (Fsp3) is 0.571. The molecule has 2 fully saturated rings. The van der Waals surface area contributed by atoms with Crippen LogP contribution in [0.2, 0.25) is 0 Å². The summed E-state index contributed by atoms with van der Waals surface area (Å²) in [5.41, 5.74) is 1.05. The number of aliphatic hydroxyl groups is 1. The molecule has 102 valence electrons. The standard InChI is InChI=1S/C14H19N3O2/c18-8-7-17-12-4-6-16(13(12)9-14(17)19)10-11-3-1-2-5-15-11/h1-3,5,12-13,18H,4,6-10H2/t12-,13+/m1/s1. The Bertz CT molecular complexity index is 451. The molecule has 1 aromatic rings. The number of rotatable bonds is 4. The number of likely N-dealkylation sites (tertiary alicyclic amines) is 2. The van der Waals surface area contributed by atoms with Crippen LogP contribution in [0.3, 0.4) is 0 Å². The average Bonchev–Trinajstić information content (AvgIpc) is 2.93. The molecule has 3 rings (SSSR count). The summed E-state index contributed by atoms with van der Waals surface area (Å²) >= 11 is 0. The molecule has 2 atom stereocenters. The Labute approximate surface area is 112 Å². The van der Waals surface area contributed by atoms with E-state index in [1.54, 1.807) is 6.20 Å². The molecule has 2 saturated heterocycles. The average molecular weight is 261 g/mol. The van der Waals surface area contributed by atoms with Gasteiger partial charge in [-0.25, -0.2) is 0 Å². The first-order valence-electron chi connectivity index (χ1n) is 6.84. The molecule has 3 heterocycles. The lowest BCUT2D eigenvalue weighted by Gasteiger charge is -2.24. The molecule has 19 heavy (non-hydrogen) atoms. The van der Waals surface area contributed by atoms with E-state index in [0.29, 0.717) is 19.0 Å². The van der Waals surface area contributed by atoms with Crippen LogP contribution in [0.5, 0.6) is 0 Å². The molecule has 1 aromatic heterocycles. The lowest BCUT2D eigenvalue weighted by Crippen LogP contribution is -2.38. The maximum Gasteiger partial charge on any atom is 0.224 e. The van der Waals surface area contributed by atoms with Crippen molar-refractivity contribution in [1.29, 1.82) is 0 Å². The molecular formula is C14H19N3O2. The molecule has 0 radical (unpaired) electrons. The van der Waals surface area contributed by atoms with Crippen LogP contribution in [0, 0.1) is 0 Å². The Morgan fingerprint density at radius 3 is 3.00 bits per heavy atom. The van der Waals surface area contributed by atoms with Crippen LogP contribution < -0.4 is 0 Å². The molecule has 5 nitrogen and oxygen atoms in total. The van der Waals surface area contributed by atoms with Crippen LogP contribution in [0.25, 0.3) is 0 Å². The Kier molecular flexibility index (Phi) is 3.48. The van der Waals surface area contributed by atoms with Gasteiger partial charge >= 0.3 is 0 Å². The summed E-state index contributed by atoms with van der Waals surface area (Å²) in [6.07, 6.45) is 3.39. The summed E-state index contributed by atoms with van der Waals surface area (Å²) in [6.45, 7) is 2.33. The van der Waals surface area contributed by atoms with E-state index in [0.717, 1.165) is 25.2 Å². The monoisotopic (exact) mass is 261 g/mol. The fourth-order valence-electron chi connectivity index (χ4n) is 3.30. The summed E-state index contributed by atoms with van der Waals surface area (Å²) in [5.74, 6) is 0.176. The van der Waals surface area contributed by atoms with Crippen molar-refractivity contribution in [3.8, 4) is 0 Å². The number of nitrogens with zero attached hydrogens (tertiary/aromatic N) is 3. The number of hydrogen-bond acceptors (Lipinski definition) is 4. The number of hydrogen-bond donors (Lipinski definition) is 1. The summed E-state index contributed by atoms with van der Waals surface area (Å²) in [7, 11) is 0. The highest BCUT2D eigenvalue weighted by atomic mass is 16.3. The van der Waals surface area contributed by atoms with Gasteiger partial charge in [-0.3, -0.25) is 14.7 Å². The fourth-order valence-corrected chi connectivity index (χ4v) is 3.30. The van der Waals surface area contributed by atoms with Crippen molar-refractivity contribution in [2.75, 3.05) is 19.7 Å². The van der Waals surface area contributed by atoms with Crippen molar-refractivity contribution >= 4 is 5.91 Å². The third kappa shape index (κ3) is 2.35. The van der Waals surface area contributed by atoms with E-state index in [1.165, 1.54) is 0 Å². The highest BCUT2D eigenvalue weighted by Gasteiger charge is 2.46. The normalized spacial score (nSPS) is 27.0. The third-order valence-electron chi connectivity index (χ3n) is 4.16. The largest absolute Gasteiger partial charge is 0.395 e. The van der Waals surface area contributed by atoms with Crippen molar-refractivity contribution < 1.29 is 9.90 Å². The van der Waals surface area contributed by atoms with E-state index in [-0.39, 0.29) is 18.6 Å². The lowest BCUT2D eigenvalue weighted by molar-refractivity contribution is -0.129. The minimum atomic E-state index is 0.0508. The van der Waals surface area contributed by atoms with Gasteiger partial charge in [0.25, 0.3) is 0 Å². The molecule has 2 aliphatic rings. The maximum atomic E-state index is 11.9. The zero-order valence-electron chi connectivity index (χ0n) is 10.9. The molecule has 0 unspecified atom stereocenters. The maximum absolute atomic E-state index is 11.9. The number of aliphatic hydroxyl groups excluding tert-OH is 1. The van der Waals surface area contributed by atoms with E-state index < -0.39 is 0 Å². The number of fused-ring (bicyclic) bond motifs is 1. The van der Waals surface area contributed by atoms with Gasteiger partial charge in [-0.15, -0.1) is 0 Å². The van der Waals surface area contributed by atoms with Gasteiger partial charge in [-0.1, -0.05) is 6.07 Å². The van der Waals surface area contributed by atoms with Crippen molar-refractivity contribution in [2.45, 2.75) is 31.5 Å². The van der Waals surface area contributed by atoms with E-state index >= 15 is 0 Å². The number of aromatic nitrogens is 1. The van der Waals surface area contributed by atoms with Crippen molar-refractivity contribution in [2.24, 2.45) is 0 Å². The molecule has 0 bridgehead atoms. The van der Waals surface area contributed by atoms with Gasteiger partial charge < -0.3 is 10.0 Å². The topological polar surface area (TPSA) is 56.7 Å². The van der Waals surface area contributed by atoms with E-state index in [2.05, 4.69) is 9.88 Å². The Morgan fingerprint density at radius 2 is 2.26 bits per heavy atom. The van der Waals surface area contributed by atoms with Gasteiger partial charge in [0.2, 0.25) is 5.91 Å². The van der Waals surface area contributed by atoms with Gasteiger partial charge in [0.05, 0.1) is 12.3 Å². The van der Waals surface area contributed by atoms with E-state index in [4.69, 9.17) is 5.11 Å². The van der Waals surface area contributed by atoms with Gasteiger partial charge in [0, 0.05) is 44.3 Å². The van der Waals surface area contributed by atoms with Crippen LogP contribution in [0.1, 0.15) is 18.5 Å². The lowest BCUT2D eigenvalue weighted by atomic mass is 10.1. The summed E-state index contributed by atoms with van der Waals surface area (Å²) in [5, 5.41) is 9.05. The number of carbonyl (C=O) groups excluding carboxylic acids is 1. The highest BCUT2D eigenvalue weighted by Crippen LogP contribution is 2.32. The zero-order valence-corrected chi connectivity index (χ0v) is 10.9. The Balaban J connectivity index is 1.69. The second-order valence-corrected chi connectivity index (χ2v) is 5.23. The molecule has 0 spiro atoms. The number of amides is 1. The van der Waals surface area contributed by atoms with Gasteiger partial charge in [0.1, 0.15) is 0 Å². The predicted molar refractivity (Wildman–Crippen MR) is 70.3 cm³/mol. The molecule has 1 amide bonds. The van der Waals surface area contributed by atoms with Crippen molar-refractivity contribution in [1.82, 2.24) is 14.8 Å². The molecule has 2 aliphatic heterocycles. The number of carbonyl (C=O) groups is 1. The van der Waals surface area contributed by atoms with Crippen LogP contribution in [-0.4, -0.2) is 57.6 Å². The minimum absolute atomic E-state index is 0.0508. The van der Waals surface area contributed by atoms with Crippen LogP contribution >= 0.6 is 0 Å². The van der Waals surface area contributed by atoms with Crippen LogP contribution in [0.4, 0.5) is 0 Å². The third-order valence-corrected chi connectivity index (χ3v) is 4.16. The highest BCUT2D eigenvalue weighted by molar-refractivity contribution is 5.80. The molecule has 0 aromatic carbocycles. The van der Waals surface area contributed by atoms with Crippen molar-refractivity contribution in [3.05, 3.63) is 30.1 Å². The Hall–Kier alpha value is -1.46. The quantitative estimate of drug-likeness (QED) is 0.844. The van der Waals surface area contributed by atoms with E-state index in [1.807, 2.05) is 23.1 Å². The number of β-amino-alcohol motifs (C(OH)–C–C–N with tert-alkyl or cyclic N) is 1. The van der Waals surface area contributed by atoms with Gasteiger partial charge in [-0.2, -0.15) is 0 Å². The summed E-state index contributed by atoms with van der Waals surface area (Å²) in [4.78, 5) is 20.5. The predicted octanol–water partition coefficient (Wildman–Crippen LogP) is 0.249. The second-order valence-electron chi connectivity index (χ2n) is 5.23. The smallest absolute Gasteiger partial charge is 0.224 e. The Morgan fingerprint density at radius 1 is 1.37 bits per heavy atom. The van der Waals surface area contributed by atoms with Crippen LogP contribution in [-0.2, 0) is 11.3 Å². The SMILES string of the molecule is O=C1C[C@H]2[C@@H](CCN2Cc2ccccn2)N1CCO. The summed E-state index contributed by atoms with van der Waals surface area (Å²) < 4.78 is 0. The first-order chi connectivity index (χ1) is 9.29. The van der Waals surface area contributed by atoms with Gasteiger partial charge in [-0.05, 0) is 18.6 Å². The molecule has 0 saturated carbocycles.